The minimum atomic E-state index is -0.352. The van der Waals surface area contributed by atoms with Crippen molar-refractivity contribution in [2.75, 3.05) is 7.11 Å². The zero-order valence-corrected chi connectivity index (χ0v) is 11.3. The lowest BCUT2D eigenvalue weighted by Gasteiger charge is -2.28. The Labute approximate surface area is 114 Å². The fraction of sp³-hybridized carbons (Fsp3) is 0.438. The summed E-state index contributed by atoms with van der Waals surface area (Å²) in [6.07, 6.45) is 5.24. The number of rotatable bonds is 1. The van der Waals surface area contributed by atoms with E-state index >= 15 is 0 Å². The van der Waals surface area contributed by atoms with Crippen LogP contribution in [0.1, 0.15) is 37.7 Å². The van der Waals surface area contributed by atoms with Gasteiger partial charge in [-0.15, -0.1) is 0 Å². The van der Waals surface area contributed by atoms with Crippen molar-refractivity contribution in [3.63, 3.8) is 0 Å². The molecular formula is C16H19NO2. The first-order valence-corrected chi connectivity index (χ1v) is 6.75. The summed E-state index contributed by atoms with van der Waals surface area (Å²) in [4.78, 5) is 13.4. The summed E-state index contributed by atoms with van der Waals surface area (Å²) in [5.41, 5.74) is 0.909. The molecule has 1 aliphatic rings. The van der Waals surface area contributed by atoms with E-state index in [1.807, 2.05) is 30.3 Å². The van der Waals surface area contributed by atoms with E-state index in [1.165, 1.54) is 13.5 Å². The highest BCUT2D eigenvalue weighted by Gasteiger charge is 2.24. The van der Waals surface area contributed by atoms with E-state index in [0.717, 1.165) is 31.2 Å². The molecule has 1 fully saturated rings. The Morgan fingerprint density at radius 2 is 1.89 bits per heavy atom. The first kappa shape index (κ1) is 13.5. The Morgan fingerprint density at radius 3 is 2.53 bits per heavy atom. The molecule has 1 saturated carbocycles. The minimum absolute atomic E-state index is 0.192. The Balaban J connectivity index is 2.14. The van der Waals surface area contributed by atoms with Crippen LogP contribution in [0.2, 0.25) is 0 Å². The van der Waals surface area contributed by atoms with Crippen molar-refractivity contribution in [3.05, 3.63) is 35.9 Å². The van der Waals surface area contributed by atoms with Crippen molar-refractivity contribution >= 4 is 6.09 Å². The molecule has 0 aliphatic heterocycles. The second-order valence-electron chi connectivity index (χ2n) is 4.73. The van der Waals surface area contributed by atoms with Gasteiger partial charge in [0.05, 0.1) is 7.11 Å². The van der Waals surface area contributed by atoms with Crippen molar-refractivity contribution in [1.29, 1.82) is 0 Å². The number of methoxy groups -OCH3 is 1. The molecule has 100 valence electrons. The highest BCUT2D eigenvalue weighted by Crippen LogP contribution is 2.22. The van der Waals surface area contributed by atoms with Gasteiger partial charge in [0, 0.05) is 17.6 Å². The molecule has 0 atom stereocenters. The maximum atomic E-state index is 11.8. The molecule has 1 amide bonds. The molecule has 1 aromatic rings. The van der Waals surface area contributed by atoms with E-state index in [-0.39, 0.29) is 12.1 Å². The monoisotopic (exact) mass is 257 g/mol. The molecule has 0 N–H and O–H groups in total. The molecule has 0 spiro atoms. The largest absolute Gasteiger partial charge is 0.452 e. The van der Waals surface area contributed by atoms with Gasteiger partial charge in [-0.3, -0.25) is 0 Å². The average molecular weight is 257 g/mol. The molecule has 0 unspecified atom stereocenters. The normalized spacial score (nSPS) is 15.2. The number of carbonyl (C=O) groups is 1. The summed E-state index contributed by atoms with van der Waals surface area (Å²) in [6.45, 7) is 0. The summed E-state index contributed by atoms with van der Waals surface area (Å²) in [5, 5.41) is 0. The first-order valence-electron chi connectivity index (χ1n) is 6.75. The number of carbonyl (C=O) groups excluding carboxylic acids is 1. The number of ether oxygens (including phenoxy) is 1. The first-order chi connectivity index (χ1) is 9.31. The fourth-order valence-electron chi connectivity index (χ4n) is 2.37. The van der Waals surface area contributed by atoms with Crippen LogP contribution >= 0.6 is 0 Å². The summed E-state index contributed by atoms with van der Waals surface area (Å²) >= 11 is 0. The van der Waals surface area contributed by atoms with Crippen molar-refractivity contribution in [3.8, 4) is 12.0 Å². The quantitative estimate of drug-likeness (QED) is 0.570. The zero-order chi connectivity index (χ0) is 13.5. The average Bonchev–Trinajstić information content (AvgIpc) is 2.49. The molecule has 1 aromatic carbocycles. The maximum Gasteiger partial charge on any atom is 0.421 e. The highest BCUT2D eigenvalue weighted by molar-refractivity contribution is 5.70. The van der Waals surface area contributed by atoms with Gasteiger partial charge < -0.3 is 4.74 Å². The molecule has 0 bridgehead atoms. The number of amides is 1. The maximum absolute atomic E-state index is 11.8. The van der Waals surface area contributed by atoms with E-state index in [4.69, 9.17) is 4.74 Å². The van der Waals surface area contributed by atoms with Crippen molar-refractivity contribution in [2.24, 2.45) is 0 Å². The minimum Gasteiger partial charge on any atom is -0.452 e. The Morgan fingerprint density at radius 1 is 1.21 bits per heavy atom. The molecule has 0 radical (unpaired) electrons. The molecule has 3 nitrogen and oxygen atoms in total. The standard InChI is InChI=1S/C16H19NO2/c1-19-16(18)17(15-10-6-3-7-11-15)13-12-14-8-4-2-5-9-14/h2,4-5,8-9,15H,3,6-7,10-11H2,1H3. The molecule has 2 rings (SSSR count). The van der Waals surface area contributed by atoms with Crippen LogP contribution in [0.3, 0.4) is 0 Å². The van der Waals surface area contributed by atoms with Crippen molar-refractivity contribution < 1.29 is 9.53 Å². The molecule has 1 aliphatic carbocycles. The van der Waals surface area contributed by atoms with Crippen LogP contribution in [0.5, 0.6) is 0 Å². The second-order valence-corrected chi connectivity index (χ2v) is 4.73. The lowest BCUT2D eigenvalue weighted by atomic mass is 9.95. The number of benzene rings is 1. The van der Waals surface area contributed by atoms with E-state index in [9.17, 15) is 4.79 Å². The van der Waals surface area contributed by atoms with Gasteiger partial charge in [0.1, 0.15) is 0 Å². The van der Waals surface area contributed by atoms with E-state index in [0.29, 0.717) is 0 Å². The molecule has 0 saturated heterocycles. The van der Waals surface area contributed by atoms with Crippen LogP contribution in [0.25, 0.3) is 0 Å². The smallest absolute Gasteiger partial charge is 0.421 e. The number of nitrogens with zero attached hydrogens (tertiary/aromatic N) is 1. The van der Waals surface area contributed by atoms with E-state index < -0.39 is 0 Å². The summed E-state index contributed by atoms with van der Waals surface area (Å²) in [7, 11) is 1.41. The van der Waals surface area contributed by atoms with Crippen LogP contribution in [0.15, 0.2) is 30.3 Å². The van der Waals surface area contributed by atoms with Crippen molar-refractivity contribution in [1.82, 2.24) is 4.90 Å². The van der Waals surface area contributed by atoms with Gasteiger partial charge in [-0.1, -0.05) is 37.5 Å². The van der Waals surface area contributed by atoms with Gasteiger partial charge in [0.25, 0.3) is 0 Å². The highest BCUT2D eigenvalue weighted by atomic mass is 16.5. The van der Waals surface area contributed by atoms with Crippen molar-refractivity contribution in [2.45, 2.75) is 38.1 Å². The topological polar surface area (TPSA) is 29.5 Å². The molecule has 0 heterocycles. The van der Waals surface area contributed by atoms with Gasteiger partial charge in [0.15, 0.2) is 0 Å². The summed E-state index contributed by atoms with van der Waals surface area (Å²) in [6, 6.07) is 12.8. The van der Waals surface area contributed by atoms with E-state index in [1.54, 1.807) is 4.90 Å². The Hall–Kier alpha value is -1.95. The number of hydrogen-bond donors (Lipinski definition) is 0. The lowest BCUT2D eigenvalue weighted by molar-refractivity contribution is 0.121. The SMILES string of the molecule is COC(=O)N(C#Cc1ccccc1)C1CCCCC1. The third-order valence-corrected chi connectivity index (χ3v) is 3.41. The molecule has 19 heavy (non-hydrogen) atoms. The predicted octanol–water partition coefficient (Wildman–Crippen LogP) is 3.40. The second kappa shape index (κ2) is 6.84. The van der Waals surface area contributed by atoms with Crippen LogP contribution in [0, 0.1) is 12.0 Å². The fourth-order valence-corrected chi connectivity index (χ4v) is 2.37. The van der Waals surface area contributed by atoms with Gasteiger partial charge in [0.2, 0.25) is 0 Å². The third kappa shape index (κ3) is 3.75. The number of hydrogen-bond acceptors (Lipinski definition) is 2. The van der Waals surface area contributed by atoms with Crippen LogP contribution in [-0.4, -0.2) is 24.1 Å². The molecule has 3 heteroatoms. The van der Waals surface area contributed by atoms with Crippen LogP contribution in [-0.2, 0) is 4.74 Å². The van der Waals surface area contributed by atoms with Gasteiger partial charge in [-0.05, 0) is 30.9 Å². The van der Waals surface area contributed by atoms with Crippen LogP contribution in [0.4, 0.5) is 4.79 Å². The van der Waals surface area contributed by atoms with Gasteiger partial charge in [-0.2, -0.15) is 0 Å². The Bertz CT molecular complexity index is 467. The summed E-state index contributed by atoms with van der Waals surface area (Å²) in [5.74, 6) is 3.03. The lowest BCUT2D eigenvalue weighted by Crippen LogP contribution is -2.37. The Kier molecular flexibility index (Phi) is 4.85. The molecular weight excluding hydrogens is 238 g/mol. The van der Waals surface area contributed by atoms with Gasteiger partial charge in [-0.25, -0.2) is 9.69 Å². The van der Waals surface area contributed by atoms with E-state index in [2.05, 4.69) is 12.0 Å². The zero-order valence-electron chi connectivity index (χ0n) is 11.3. The van der Waals surface area contributed by atoms with Crippen LogP contribution < -0.4 is 0 Å². The molecule has 0 aromatic heterocycles. The van der Waals surface area contributed by atoms with Gasteiger partial charge >= 0.3 is 6.09 Å². The third-order valence-electron chi connectivity index (χ3n) is 3.41. The predicted molar refractivity (Wildman–Crippen MR) is 74.4 cm³/mol. The summed E-state index contributed by atoms with van der Waals surface area (Å²) < 4.78 is 4.84.